The Balaban J connectivity index is 1.30. The summed E-state index contributed by atoms with van der Waals surface area (Å²) in [5.41, 5.74) is 4.93. The van der Waals surface area contributed by atoms with Gasteiger partial charge in [0.05, 0.1) is 12.8 Å². The second-order valence-corrected chi connectivity index (χ2v) is 8.66. The second-order valence-electron chi connectivity index (χ2n) is 8.66. The highest BCUT2D eigenvalue weighted by atomic mass is 16.5. The van der Waals surface area contributed by atoms with Crippen molar-refractivity contribution in [2.75, 3.05) is 26.7 Å². The van der Waals surface area contributed by atoms with Crippen molar-refractivity contribution in [3.8, 4) is 17.0 Å². The number of hydrogen-bond donors (Lipinski definition) is 2. The number of fused-ring (bicyclic) bond motifs is 4. The van der Waals surface area contributed by atoms with Crippen molar-refractivity contribution in [1.29, 1.82) is 0 Å². The lowest BCUT2D eigenvalue weighted by molar-refractivity contribution is 0.0575. The quantitative estimate of drug-likeness (QED) is 0.836. The Morgan fingerprint density at radius 3 is 3.03 bits per heavy atom. The SMILES string of the molecule is COc1ccc2c(c1)CCc1c-2n[nH]c1C(=O)NC[C@@H]1CCCN2CCCC[C@H]12. The van der Waals surface area contributed by atoms with Crippen LogP contribution in [0.4, 0.5) is 0 Å². The normalized spacial score (nSPS) is 23.6. The van der Waals surface area contributed by atoms with Crippen LogP contribution in [0.2, 0.25) is 0 Å². The van der Waals surface area contributed by atoms with Gasteiger partial charge in [-0.1, -0.05) is 6.42 Å². The van der Waals surface area contributed by atoms with Crippen LogP contribution < -0.4 is 10.1 Å². The van der Waals surface area contributed by atoms with Crippen molar-refractivity contribution >= 4 is 5.91 Å². The molecule has 2 aliphatic heterocycles. The van der Waals surface area contributed by atoms with Gasteiger partial charge in [0, 0.05) is 23.7 Å². The minimum Gasteiger partial charge on any atom is -0.497 e. The fourth-order valence-corrected chi connectivity index (χ4v) is 5.54. The van der Waals surface area contributed by atoms with Gasteiger partial charge in [-0.25, -0.2) is 0 Å². The molecule has 2 fully saturated rings. The number of nitrogens with one attached hydrogen (secondary N) is 2. The van der Waals surface area contributed by atoms with Gasteiger partial charge in [-0.2, -0.15) is 5.10 Å². The number of H-pyrrole nitrogens is 1. The molecule has 6 heteroatoms. The fourth-order valence-electron chi connectivity index (χ4n) is 5.54. The average molecular weight is 395 g/mol. The van der Waals surface area contributed by atoms with Gasteiger partial charge in [0.1, 0.15) is 11.4 Å². The number of benzene rings is 1. The lowest BCUT2D eigenvalue weighted by atomic mass is 9.83. The summed E-state index contributed by atoms with van der Waals surface area (Å²) in [6.07, 6.45) is 8.12. The Morgan fingerprint density at radius 2 is 2.14 bits per heavy atom. The molecule has 2 aromatic rings. The number of amides is 1. The minimum atomic E-state index is -0.0105. The largest absolute Gasteiger partial charge is 0.497 e. The van der Waals surface area contributed by atoms with Crippen molar-refractivity contribution in [1.82, 2.24) is 20.4 Å². The van der Waals surface area contributed by atoms with Gasteiger partial charge in [-0.3, -0.25) is 9.89 Å². The lowest BCUT2D eigenvalue weighted by Crippen LogP contribution is -2.51. The van der Waals surface area contributed by atoms with Crippen molar-refractivity contribution in [2.45, 2.75) is 51.0 Å². The number of nitrogens with zero attached hydrogens (tertiary/aromatic N) is 2. The van der Waals surface area contributed by atoms with E-state index in [9.17, 15) is 4.79 Å². The van der Waals surface area contributed by atoms with Crippen LogP contribution in [-0.2, 0) is 12.8 Å². The molecule has 5 rings (SSSR count). The summed E-state index contributed by atoms with van der Waals surface area (Å²) in [6.45, 7) is 3.22. The molecule has 0 radical (unpaired) electrons. The predicted octanol–water partition coefficient (Wildman–Crippen LogP) is 3.18. The minimum absolute atomic E-state index is 0.0105. The highest BCUT2D eigenvalue weighted by molar-refractivity contribution is 5.96. The number of carbonyl (C=O) groups is 1. The Labute approximate surface area is 172 Å². The number of aromatic amines is 1. The second kappa shape index (κ2) is 7.82. The van der Waals surface area contributed by atoms with Gasteiger partial charge in [-0.05, 0) is 81.3 Å². The Hall–Kier alpha value is -2.34. The molecular formula is C23H30N4O2. The van der Waals surface area contributed by atoms with Gasteiger partial charge in [0.2, 0.25) is 0 Å². The number of carbonyl (C=O) groups excluding carboxylic acids is 1. The van der Waals surface area contributed by atoms with Gasteiger partial charge < -0.3 is 15.0 Å². The van der Waals surface area contributed by atoms with Crippen molar-refractivity contribution < 1.29 is 9.53 Å². The molecule has 1 aromatic heterocycles. The predicted molar refractivity (Wildman–Crippen MR) is 112 cm³/mol. The van der Waals surface area contributed by atoms with Crippen LogP contribution in [0.3, 0.4) is 0 Å². The summed E-state index contributed by atoms with van der Waals surface area (Å²) in [5.74, 6) is 1.42. The highest BCUT2D eigenvalue weighted by Gasteiger charge is 2.33. The van der Waals surface area contributed by atoms with E-state index in [-0.39, 0.29) is 5.91 Å². The topological polar surface area (TPSA) is 70.2 Å². The third-order valence-electron chi connectivity index (χ3n) is 7.06. The molecule has 1 aromatic carbocycles. The molecule has 0 spiro atoms. The number of aryl methyl sites for hydroxylation is 1. The van der Waals surface area contributed by atoms with Crippen LogP contribution in [0.25, 0.3) is 11.3 Å². The maximum absolute atomic E-state index is 13.0. The lowest BCUT2D eigenvalue weighted by Gasteiger charge is -2.44. The molecule has 1 amide bonds. The number of piperidine rings is 2. The zero-order chi connectivity index (χ0) is 19.8. The molecule has 154 valence electrons. The Kier molecular flexibility index (Phi) is 5.04. The molecule has 2 atom stereocenters. The Morgan fingerprint density at radius 1 is 1.24 bits per heavy atom. The first-order valence-corrected chi connectivity index (χ1v) is 11.0. The molecule has 3 aliphatic rings. The number of hydrogen-bond acceptors (Lipinski definition) is 4. The summed E-state index contributed by atoms with van der Waals surface area (Å²) in [5, 5.41) is 10.7. The van der Waals surface area contributed by atoms with Crippen molar-refractivity contribution in [2.24, 2.45) is 5.92 Å². The summed E-state index contributed by atoms with van der Waals surface area (Å²) in [7, 11) is 1.69. The number of ether oxygens (including phenoxy) is 1. The van der Waals surface area contributed by atoms with Crippen molar-refractivity contribution in [3.63, 3.8) is 0 Å². The molecule has 2 saturated heterocycles. The van der Waals surface area contributed by atoms with Crippen LogP contribution >= 0.6 is 0 Å². The summed E-state index contributed by atoms with van der Waals surface area (Å²) in [6, 6.07) is 6.73. The van der Waals surface area contributed by atoms with E-state index in [2.05, 4.69) is 26.5 Å². The van der Waals surface area contributed by atoms with E-state index in [0.717, 1.165) is 42.0 Å². The maximum atomic E-state index is 13.0. The molecule has 29 heavy (non-hydrogen) atoms. The molecular weight excluding hydrogens is 364 g/mol. The molecule has 2 N–H and O–H groups in total. The zero-order valence-corrected chi connectivity index (χ0v) is 17.2. The summed E-state index contributed by atoms with van der Waals surface area (Å²) < 4.78 is 5.34. The molecule has 1 aliphatic carbocycles. The molecule has 0 unspecified atom stereocenters. The highest BCUT2D eigenvalue weighted by Crippen LogP contribution is 2.35. The van der Waals surface area contributed by atoms with Gasteiger partial charge in [-0.15, -0.1) is 0 Å². The Bertz CT molecular complexity index is 904. The van der Waals surface area contributed by atoms with Gasteiger partial charge in [0.15, 0.2) is 0 Å². The van der Waals surface area contributed by atoms with E-state index >= 15 is 0 Å². The van der Waals surface area contributed by atoms with E-state index in [1.54, 1.807) is 7.11 Å². The summed E-state index contributed by atoms with van der Waals surface area (Å²) >= 11 is 0. The van der Waals surface area contributed by atoms with Crippen LogP contribution in [0.1, 0.15) is 53.7 Å². The molecule has 3 heterocycles. The first-order valence-electron chi connectivity index (χ1n) is 11.0. The van der Waals surface area contributed by atoms with Crippen LogP contribution in [-0.4, -0.2) is 53.8 Å². The van der Waals surface area contributed by atoms with Crippen molar-refractivity contribution in [3.05, 3.63) is 35.0 Å². The molecule has 0 saturated carbocycles. The first kappa shape index (κ1) is 18.7. The maximum Gasteiger partial charge on any atom is 0.269 e. The van der Waals surface area contributed by atoms with E-state index in [1.807, 2.05) is 12.1 Å². The van der Waals surface area contributed by atoms with E-state index in [4.69, 9.17) is 4.74 Å². The first-order chi connectivity index (χ1) is 14.2. The monoisotopic (exact) mass is 394 g/mol. The average Bonchev–Trinajstić information content (AvgIpc) is 3.21. The molecule has 0 bridgehead atoms. The smallest absolute Gasteiger partial charge is 0.269 e. The fraction of sp³-hybridized carbons (Fsp3) is 0.565. The molecule has 6 nitrogen and oxygen atoms in total. The number of methoxy groups -OCH3 is 1. The summed E-state index contributed by atoms with van der Waals surface area (Å²) in [4.78, 5) is 15.6. The number of rotatable bonds is 4. The van der Waals surface area contributed by atoms with Gasteiger partial charge in [0.25, 0.3) is 5.91 Å². The van der Waals surface area contributed by atoms with E-state index in [1.165, 1.54) is 50.8 Å². The van der Waals surface area contributed by atoms with E-state index < -0.39 is 0 Å². The van der Waals surface area contributed by atoms with Crippen LogP contribution in [0.15, 0.2) is 18.2 Å². The van der Waals surface area contributed by atoms with E-state index in [0.29, 0.717) is 17.7 Å². The van der Waals surface area contributed by atoms with Gasteiger partial charge >= 0.3 is 0 Å². The third-order valence-corrected chi connectivity index (χ3v) is 7.06. The standard InChI is InChI=1S/C23H30N4O2/c1-29-17-8-10-18-15(13-17)7-9-19-21(18)25-26-22(19)23(28)24-14-16-5-4-12-27-11-3-2-6-20(16)27/h8,10,13,16,20H,2-7,9,11-12,14H2,1H3,(H,24,28)(H,25,26)/t16-,20+/m0/s1. The zero-order valence-electron chi connectivity index (χ0n) is 17.2. The number of aromatic nitrogens is 2. The van der Waals surface area contributed by atoms with Crippen LogP contribution in [0, 0.1) is 5.92 Å². The third kappa shape index (κ3) is 3.44. The van der Waals surface area contributed by atoms with Crippen LogP contribution in [0.5, 0.6) is 5.75 Å².